The van der Waals surface area contributed by atoms with Gasteiger partial charge in [-0.25, -0.2) is 18.4 Å². The molecule has 4 nitrogen and oxygen atoms in total. The lowest BCUT2D eigenvalue weighted by Crippen LogP contribution is -1.94. The van der Waals surface area contributed by atoms with Gasteiger partial charge in [-0.15, -0.1) is 11.3 Å². The summed E-state index contributed by atoms with van der Waals surface area (Å²) in [6, 6.07) is 1.58. The second-order valence-electron chi connectivity index (χ2n) is 3.53. The molecular formula is C10H9ClN2O2S2. The summed E-state index contributed by atoms with van der Waals surface area (Å²) in [5, 5.41) is 2.00. The number of halogens is 1. The summed E-state index contributed by atoms with van der Waals surface area (Å²) in [5.41, 5.74) is 0.569. The maximum atomic E-state index is 11.4. The number of hydrogen-bond acceptors (Lipinski definition) is 5. The first-order valence-corrected chi connectivity index (χ1v) is 7.81. The number of aromatic nitrogens is 2. The molecule has 0 unspecified atom stereocenters. The van der Waals surface area contributed by atoms with Gasteiger partial charge in [-0.2, -0.15) is 0 Å². The third-order valence-electron chi connectivity index (χ3n) is 2.10. The van der Waals surface area contributed by atoms with Crippen molar-refractivity contribution in [2.45, 2.75) is 11.8 Å². The minimum absolute atomic E-state index is 0.282. The molecule has 0 spiro atoms. The van der Waals surface area contributed by atoms with E-state index in [4.69, 9.17) is 11.6 Å². The third-order valence-corrected chi connectivity index (χ3v) is 4.56. The molecule has 0 fully saturated rings. The van der Waals surface area contributed by atoms with Crippen LogP contribution < -0.4 is 0 Å². The van der Waals surface area contributed by atoms with Gasteiger partial charge in [-0.1, -0.05) is 11.6 Å². The Morgan fingerprint density at radius 2 is 2.12 bits per heavy atom. The van der Waals surface area contributed by atoms with Crippen LogP contribution in [0, 0.1) is 6.92 Å². The Kier molecular flexibility index (Phi) is 3.20. The predicted octanol–water partition coefficient (Wildman–Crippen LogP) is 2.57. The standard InChI is InChI=1S/C10H9ClN2O2S2/c1-6-12-4-8(11)10(13-6)9-3-7(5-16-9)17(2,14)15/h3-5H,1-2H3. The molecule has 2 aromatic rings. The van der Waals surface area contributed by atoms with E-state index in [0.717, 1.165) is 4.88 Å². The van der Waals surface area contributed by atoms with Crippen molar-refractivity contribution in [3.63, 3.8) is 0 Å². The first-order chi connectivity index (χ1) is 7.88. The molecule has 0 aliphatic carbocycles. The molecule has 0 saturated carbocycles. The van der Waals surface area contributed by atoms with Gasteiger partial charge in [0.1, 0.15) is 11.5 Å². The minimum atomic E-state index is -3.19. The van der Waals surface area contributed by atoms with Crippen LogP contribution in [0.4, 0.5) is 0 Å². The highest BCUT2D eigenvalue weighted by molar-refractivity contribution is 7.90. The van der Waals surface area contributed by atoms with Crippen molar-refractivity contribution in [1.29, 1.82) is 0 Å². The quantitative estimate of drug-likeness (QED) is 0.852. The Bertz CT molecular complexity index is 665. The molecular weight excluding hydrogens is 280 g/mol. The summed E-state index contributed by atoms with van der Waals surface area (Å²) in [7, 11) is -3.19. The van der Waals surface area contributed by atoms with Gasteiger partial charge in [0, 0.05) is 17.8 Å². The van der Waals surface area contributed by atoms with E-state index in [9.17, 15) is 8.42 Å². The molecule has 0 radical (unpaired) electrons. The van der Waals surface area contributed by atoms with Gasteiger partial charge in [0.05, 0.1) is 14.8 Å². The van der Waals surface area contributed by atoms with E-state index >= 15 is 0 Å². The molecule has 0 saturated heterocycles. The largest absolute Gasteiger partial charge is 0.240 e. The Labute approximate surface area is 108 Å². The second kappa shape index (κ2) is 4.36. The summed E-state index contributed by atoms with van der Waals surface area (Å²) in [6.45, 7) is 1.75. The van der Waals surface area contributed by atoms with Crippen LogP contribution in [0.1, 0.15) is 5.82 Å². The van der Waals surface area contributed by atoms with Crippen molar-refractivity contribution in [3.8, 4) is 10.6 Å². The van der Waals surface area contributed by atoms with Crippen molar-refractivity contribution in [2.75, 3.05) is 6.26 Å². The molecule has 0 aromatic carbocycles. The molecule has 0 aliphatic heterocycles. The van der Waals surface area contributed by atoms with E-state index in [-0.39, 0.29) is 4.90 Å². The number of nitrogens with zero attached hydrogens (tertiary/aromatic N) is 2. The van der Waals surface area contributed by atoms with Gasteiger partial charge in [0.25, 0.3) is 0 Å². The van der Waals surface area contributed by atoms with Crippen molar-refractivity contribution >= 4 is 32.8 Å². The number of sulfone groups is 1. The van der Waals surface area contributed by atoms with Crippen molar-refractivity contribution in [1.82, 2.24) is 9.97 Å². The maximum absolute atomic E-state index is 11.4. The summed E-state index contributed by atoms with van der Waals surface area (Å²) in [6.07, 6.45) is 2.69. The van der Waals surface area contributed by atoms with Gasteiger partial charge in [0.2, 0.25) is 0 Å². The van der Waals surface area contributed by atoms with Crippen LogP contribution in [-0.4, -0.2) is 24.6 Å². The topological polar surface area (TPSA) is 59.9 Å². The highest BCUT2D eigenvalue weighted by atomic mass is 35.5. The van der Waals surface area contributed by atoms with Gasteiger partial charge >= 0.3 is 0 Å². The van der Waals surface area contributed by atoms with Gasteiger partial charge in [-0.3, -0.25) is 0 Å². The van der Waals surface area contributed by atoms with Gasteiger partial charge in [0.15, 0.2) is 9.84 Å². The fourth-order valence-corrected chi connectivity index (χ4v) is 3.54. The van der Waals surface area contributed by atoms with E-state index in [0.29, 0.717) is 16.5 Å². The number of aryl methyl sites for hydroxylation is 1. The lowest BCUT2D eigenvalue weighted by Gasteiger charge is -2.00. The van der Waals surface area contributed by atoms with Crippen LogP contribution in [0.3, 0.4) is 0 Å². The van der Waals surface area contributed by atoms with Crippen LogP contribution >= 0.6 is 22.9 Å². The fourth-order valence-electron chi connectivity index (χ4n) is 1.27. The minimum Gasteiger partial charge on any atom is -0.240 e. The summed E-state index contributed by atoms with van der Waals surface area (Å²) in [4.78, 5) is 9.18. The lowest BCUT2D eigenvalue weighted by molar-refractivity contribution is 0.602. The zero-order valence-electron chi connectivity index (χ0n) is 9.14. The molecule has 0 atom stereocenters. The van der Waals surface area contributed by atoms with Crippen molar-refractivity contribution < 1.29 is 8.42 Å². The van der Waals surface area contributed by atoms with E-state index < -0.39 is 9.84 Å². The molecule has 0 amide bonds. The summed E-state index contributed by atoms with van der Waals surface area (Å²) >= 11 is 7.28. The van der Waals surface area contributed by atoms with Crippen LogP contribution in [0.25, 0.3) is 10.6 Å². The fraction of sp³-hybridized carbons (Fsp3) is 0.200. The zero-order chi connectivity index (χ0) is 12.6. The molecule has 0 aliphatic rings. The second-order valence-corrected chi connectivity index (χ2v) is 6.87. The number of hydrogen-bond donors (Lipinski definition) is 0. The summed E-state index contributed by atoms with van der Waals surface area (Å²) in [5.74, 6) is 0.596. The average molecular weight is 289 g/mol. The number of rotatable bonds is 2. The average Bonchev–Trinajstić information content (AvgIpc) is 2.70. The van der Waals surface area contributed by atoms with Crippen LogP contribution in [0.2, 0.25) is 5.02 Å². The van der Waals surface area contributed by atoms with Gasteiger partial charge < -0.3 is 0 Å². The van der Waals surface area contributed by atoms with E-state index in [1.165, 1.54) is 23.8 Å². The Hall–Kier alpha value is -0.980. The third kappa shape index (κ3) is 2.65. The Balaban J connectivity index is 2.55. The smallest absolute Gasteiger partial charge is 0.176 e. The molecule has 2 rings (SSSR count). The summed E-state index contributed by atoms with van der Waals surface area (Å²) < 4.78 is 22.7. The Morgan fingerprint density at radius 3 is 2.71 bits per heavy atom. The first-order valence-electron chi connectivity index (χ1n) is 4.66. The normalized spacial score (nSPS) is 11.7. The molecule has 2 aromatic heterocycles. The molecule has 0 bridgehead atoms. The Morgan fingerprint density at radius 1 is 1.41 bits per heavy atom. The molecule has 0 N–H and O–H groups in total. The zero-order valence-corrected chi connectivity index (χ0v) is 11.5. The van der Waals surface area contributed by atoms with E-state index in [2.05, 4.69) is 9.97 Å². The number of thiophene rings is 1. The maximum Gasteiger partial charge on any atom is 0.176 e. The highest BCUT2D eigenvalue weighted by Gasteiger charge is 2.14. The molecule has 7 heteroatoms. The lowest BCUT2D eigenvalue weighted by atomic mass is 10.3. The van der Waals surface area contributed by atoms with Crippen LogP contribution in [-0.2, 0) is 9.84 Å². The van der Waals surface area contributed by atoms with Crippen LogP contribution in [0.5, 0.6) is 0 Å². The predicted molar refractivity (Wildman–Crippen MR) is 68.2 cm³/mol. The van der Waals surface area contributed by atoms with E-state index in [1.807, 2.05) is 0 Å². The van der Waals surface area contributed by atoms with E-state index in [1.54, 1.807) is 18.4 Å². The van der Waals surface area contributed by atoms with Gasteiger partial charge in [-0.05, 0) is 13.0 Å². The van der Waals surface area contributed by atoms with Crippen molar-refractivity contribution in [3.05, 3.63) is 28.5 Å². The molecule has 17 heavy (non-hydrogen) atoms. The highest BCUT2D eigenvalue weighted by Crippen LogP contribution is 2.32. The molecule has 90 valence electrons. The molecule has 2 heterocycles. The van der Waals surface area contributed by atoms with Crippen molar-refractivity contribution in [2.24, 2.45) is 0 Å². The van der Waals surface area contributed by atoms with Crippen LogP contribution in [0.15, 0.2) is 22.5 Å². The first kappa shape index (κ1) is 12.5. The SMILES string of the molecule is Cc1ncc(Cl)c(-c2cc(S(C)(=O)=O)cs2)n1. The monoisotopic (exact) mass is 288 g/mol.